The van der Waals surface area contributed by atoms with E-state index in [1.165, 1.54) is 51.7 Å². The van der Waals surface area contributed by atoms with Crippen LogP contribution in [0, 0.1) is 0 Å². The summed E-state index contributed by atoms with van der Waals surface area (Å²) < 4.78 is 5.96. The summed E-state index contributed by atoms with van der Waals surface area (Å²) in [7, 11) is 0. The van der Waals surface area contributed by atoms with Crippen molar-refractivity contribution in [2.75, 3.05) is 44.2 Å². The van der Waals surface area contributed by atoms with Gasteiger partial charge in [0.05, 0.1) is 12.6 Å². The lowest BCUT2D eigenvalue weighted by atomic mass is 10.1. The van der Waals surface area contributed by atoms with Crippen LogP contribution in [0.15, 0.2) is 24.3 Å². The molecule has 5 nitrogen and oxygen atoms in total. The van der Waals surface area contributed by atoms with Crippen molar-refractivity contribution in [2.24, 2.45) is 0 Å². The van der Waals surface area contributed by atoms with Gasteiger partial charge in [0.15, 0.2) is 0 Å². The number of hydrogen-bond acceptors (Lipinski definition) is 4. The Bertz CT molecular complexity index is 657. The highest BCUT2D eigenvalue weighted by atomic mass is 16.5. The van der Waals surface area contributed by atoms with Gasteiger partial charge < -0.3 is 19.4 Å². The lowest BCUT2D eigenvalue weighted by molar-refractivity contribution is -0.117. The van der Waals surface area contributed by atoms with E-state index in [-0.39, 0.29) is 5.91 Å². The van der Waals surface area contributed by atoms with Gasteiger partial charge in [0, 0.05) is 31.2 Å². The van der Waals surface area contributed by atoms with E-state index < -0.39 is 0 Å². The van der Waals surface area contributed by atoms with E-state index in [1.807, 2.05) is 17.0 Å². The van der Waals surface area contributed by atoms with E-state index in [4.69, 9.17) is 4.74 Å². The topological polar surface area (TPSA) is 36.0 Å². The highest BCUT2D eigenvalue weighted by Crippen LogP contribution is 2.29. The average Bonchev–Trinajstić information content (AvgIpc) is 3.32. The van der Waals surface area contributed by atoms with Crippen molar-refractivity contribution in [1.29, 1.82) is 0 Å². The van der Waals surface area contributed by atoms with Gasteiger partial charge in [0.1, 0.15) is 5.75 Å². The highest BCUT2D eigenvalue weighted by molar-refractivity contribution is 5.96. The molecule has 2 atom stereocenters. The van der Waals surface area contributed by atoms with Crippen molar-refractivity contribution in [2.45, 2.75) is 70.4 Å². The van der Waals surface area contributed by atoms with E-state index in [0.717, 1.165) is 50.0 Å². The van der Waals surface area contributed by atoms with Gasteiger partial charge in [-0.25, -0.2) is 0 Å². The molecule has 0 spiro atoms. The quantitative estimate of drug-likeness (QED) is 0.621. The van der Waals surface area contributed by atoms with Gasteiger partial charge in [-0.15, -0.1) is 0 Å². The zero-order valence-corrected chi connectivity index (χ0v) is 18.0. The Morgan fingerprint density at radius 3 is 2.52 bits per heavy atom. The summed E-state index contributed by atoms with van der Waals surface area (Å²) >= 11 is 0. The molecule has 160 valence electrons. The van der Waals surface area contributed by atoms with E-state index in [1.54, 1.807) is 0 Å². The average molecular weight is 400 g/mol. The largest absolute Gasteiger partial charge is 0.494 e. The first kappa shape index (κ1) is 20.7. The summed E-state index contributed by atoms with van der Waals surface area (Å²) in [4.78, 5) is 19.7. The Balaban J connectivity index is 1.27. The lowest BCUT2D eigenvalue weighted by Crippen LogP contribution is -2.43. The first-order valence-corrected chi connectivity index (χ1v) is 11.7. The van der Waals surface area contributed by atoms with Gasteiger partial charge in [-0.05, 0) is 89.3 Å². The first-order valence-electron chi connectivity index (χ1n) is 11.7. The van der Waals surface area contributed by atoms with Crippen LogP contribution < -0.4 is 9.64 Å². The van der Waals surface area contributed by atoms with Crippen LogP contribution in [0.4, 0.5) is 5.69 Å². The maximum absolute atomic E-state index is 12.5. The van der Waals surface area contributed by atoms with Gasteiger partial charge in [0.25, 0.3) is 0 Å². The Kier molecular flexibility index (Phi) is 7.09. The van der Waals surface area contributed by atoms with Crippen molar-refractivity contribution in [3.8, 4) is 5.75 Å². The number of likely N-dealkylation sites (tertiary alicyclic amines) is 2. The molecule has 2 unspecified atom stereocenters. The highest BCUT2D eigenvalue weighted by Gasteiger charge is 2.33. The minimum absolute atomic E-state index is 0.264. The molecule has 0 aliphatic carbocycles. The molecular weight excluding hydrogens is 362 g/mol. The molecule has 5 heteroatoms. The zero-order chi connectivity index (χ0) is 20.1. The van der Waals surface area contributed by atoms with Crippen molar-refractivity contribution in [3.05, 3.63) is 24.3 Å². The monoisotopic (exact) mass is 399 g/mol. The summed E-state index contributed by atoms with van der Waals surface area (Å²) in [5.41, 5.74) is 1.02. The normalized spacial score (nSPS) is 26.4. The number of ether oxygens (including phenoxy) is 1. The third-order valence-corrected chi connectivity index (χ3v) is 6.91. The van der Waals surface area contributed by atoms with Crippen LogP contribution in [0.3, 0.4) is 0 Å². The molecule has 29 heavy (non-hydrogen) atoms. The number of anilines is 1. The van der Waals surface area contributed by atoms with Gasteiger partial charge >= 0.3 is 0 Å². The third-order valence-electron chi connectivity index (χ3n) is 6.91. The van der Waals surface area contributed by atoms with Crippen molar-refractivity contribution < 1.29 is 9.53 Å². The molecule has 0 saturated carbocycles. The molecule has 3 aliphatic rings. The Hall–Kier alpha value is -1.59. The van der Waals surface area contributed by atoms with Crippen LogP contribution >= 0.6 is 0 Å². The number of carbonyl (C=O) groups excluding carboxylic acids is 1. The molecule has 1 amide bonds. The standard InChI is InChI=1S/C24H37N3O2/c1-20-7-5-16-26(20)17-6-18-29-23-11-8-21(9-12-23)27-22(10-13-24(27)28)19-25-14-3-2-4-15-25/h8-9,11-12,20,22H,2-7,10,13-19H2,1H3. The second-order valence-corrected chi connectivity index (χ2v) is 9.04. The summed E-state index contributed by atoms with van der Waals surface area (Å²) in [5, 5.41) is 0. The molecule has 3 saturated heterocycles. The van der Waals surface area contributed by atoms with Crippen LogP contribution in [0.5, 0.6) is 5.75 Å². The molecule has 0 N–H and O–H groups in total. The van der Waals surface area contributed by atoms with E-state index in [0.29, 0.717) is 12.5 Å². The maximum atomic E-state index is 12.5. The molecule has 3 fully saturated rings. The molecule has 1 aromatic carbocycles. The minimum atomic E-state index is 0.264. The molecular formula is C24H37N3O2. The number of nitrogens with zero attached hydrogens (tertiary/aromatic N) is 3. The Labute approximate surface area is 176 Å². The van der Waals surface area contributed by atoms with Crippen LogP contribution in [-0.2, 0) is 4.79 Å². The number of carbonyl (C=O) groups is 1. The number of rotatable bonds is 8. The van der Waals surface area contributed by atoms with E-state index in [9.17, 15) is 4.79 Å². The van der Waals surface area contributed by atoms with Crippen LogP contribution in [0.25, 0.3) is 0 Å². The number of amides is 1. The fourth-order valence-corrected chi connectivity index (χ4v) is 5.20. The molecule has 4 rings (SSSR count). The van der Waals surface area contributed by atoms with E-state index in [2.05, 4.69) is 28.9 Å². The third kappa shape index (κ3) is 5.32. The Morgan fingerprint density at radius 1 is 1.00 bits per heavy atom. The summed E-state index contributed by atoms with van der Waals surface area (Å²) in [6.07, 6.45) is 9.31. The minimum Gasteiger partial charge on any atom is -0.494 e. The van der Waals surface area contributed by atoms with Crippen molar-refractivity contribution in [3.63, 3.8) is 0 Å². The van der Waals surface area contributed by atoms with Gasteiger partial charge in [-0.3, -0.25) is 4.79 Å². The first-order chi connectivity index (χ1) is 14.2. The molecule has 0 aromatic heterocycles. The number of benzene rings is 1. The van der Waals surface area contributed by atoms with Gasteiger partial charge in [-0.2, -0.15) is 0 Å². The smallest absolute Gasteiger partial charge is 0.227 e. The maximum Gasteiger partial charge on any atom is 0.227 e. The van der Waals surface area contributed by atoms with Crippen molar-refractivity contribution in [1.82, 2.24) is 9.80 Å². The van der Waals surface area contributed by atoms with Crippen molar-refractivity contribution >= 4 is 11.6 Å². The van der Waals surface area contributed by atoms with Crippen LogP contribution in [0.1, 0.15) is 58.3 Å². The SMILES string of the molecule is CC1CCCN1CCCOc1ccc(N2C(=O)CCC2CN2CCCCC2)cc1. The fourth-order valence-electron chi connectivity index (χ4n) is 5.20. The molecule has 3 heterocycles. The van der Waals surface area contributed by atoms with E-state index >= 15 is 0 Å². The molecule has 0 bridgehead atoms. The second kappa shape index (κ2) is 9.94. The van der Waals surface area contributed by atoms with Gasteiger partial charge in [0.2, 0.25) is 5.91 Å². The van der Waals surface area contributed by atoms with Crippen LogP contribution in [0.2, 0.25) is 0 Å². The zero-order valence-electron chi connectivity index (χ0n) is 18.0. The summed E-state index contributed by atoms with van der Waals surface area (Å²) in [6, 6.07) is 9.21. The lowest BCUT2D eigenvalue weighted by Gasteiger charge is -2.33. The molecule has 3 aliphatic heterocycles. The Morgan fingerprint density at radius 2 is 1.79 bits per heavy atom. The summed E-state index contributed by atoms with van der Waals surface area (Å²) in [6.45, 7) is 8.81. The number of piperidine rings is 1. The van der Waals surface area contributed by atoms with Crippen LogP contribution in [-0.4, -0.2) is 67.1 Å². The molecule has 1 aromatic rings. The molecule has 0 radical (unpaired) electrons. The number of hydrogen-bond donors (Lipinski definition) is 0. The predicted molar refractivity (Wildman–Crippen MR) is 118 cm³/mol. The predicted octanol–water partition coefficient (Wildman–Crippen LogP) is 3.92. The second-order valence-electron chi connectivity index (χ2n) is 9.04. The fraction of sp³-hybridized carbons (Fsp3) is 0.708. The van der Waals surface area contributed by atoms with Gasteiger partial charge in [-0.1, -0.05) is 6.42 Å². The summed E-state index contributed by atoms with van der Waals surface area (Å²) in [5.74, 6) is 1.17.